The molecule has 5 amide bonds. The van der Waals surface area contributed by atoms with Gasteiger partial charge in [0.1, 0.15) is 24.2 Å². The largest absolute Gasteiger partial charge is 0.391 e. The molecule has 0 aliphatic rings. The van der Waals surface area contributed by atoms with Gasteiger partial charge in [0, 0.05) is 12.1 Å². The molecule has 0 spiro atoms. The van der Waals surface area contributed by atoms with Gasteiger partial charge in [0.2, 0.25) is 23.6 Å². The van der Waals surface area contributed by atoms with E-state index in [2.05, 4.69) is 26.3 Å². The molecule has 1 aromatic rings. The van der Waals surface area contributed by atoms with Crippen molar-refractivity contribution in [1.82, 2.24) is 21.3 Å². The van der Waals surface area contributed by atoms with Crippen molar-refractivity contribution in [3.8, 4) is 0 Å². The van der Waals surface area contributed by atoms with Gasteiger partial charge in [0.05, 0.1) is 6.10 Å². The molecule has 1 aromatic carbocycles. The molecule has 13 N–H and O–H groups in total. The number of amides is 5. The van der Waals surface area contributed by atoms with Crippen LogP contribution in [0.15, 0.2) is 35.3 Å². The van der Waals surface area contributed by atoms with E-state index in [9.17, 15) is 29.1 Å². The number of nitrogens with two attached hydrogens (primary N) is 4. The number of benzene rings is 1. The van der Waals surface area contributed by atoms with Crippen molar-refractivity contribution in [2.45, 2.75) is 95.5 Å². The predicted molar refractivity (Wildman–Crippen MR) is 167 cm³/mol. The summed E-state index contributed by atoms with van der Waals surface area (Å²) in [5.41, 5.74) is 22.0. The normalized spacial score (nSPS) is 14.2. The van der Waals surface area contributed by atoms with Crippen LogP contribution in [0.25, 0.3) is 0 Å². The number of guanidine groups is 1. The van der Waals surface area contributed by atoms with Crippen LogP contribution in [0.1, 0.15) is 75.6 Å². The van der Waals surface area contributed by atoms with E-state index >= 15 is 0 Å². The Morgan fingerprint density at radius 1 is 0.773 bits per heavy atom. The van der Waals surface area contributed by atoms with Gasteiger partial charge in [0.25, 0.3) is 5.91 Å². The minimum atomic E-state index is -1.47. The fourth-order valence-corrected chi connectivity index (χ4v) is 4.25. The first kappa shape index (κ1) is 37.8. The first-order valence-corrected chi connectivity index (χ1v) is 14.9. The number of carbonyl (C=O) groups excluding carboxylic acids is 5. The van der Waals surface area contributed by atoms with E-state index in [1.54, 1.807) is 30.3 Å². The predicted octanol–water partition coefficient (Wildman–Crippen LogP) is -1.52. The van der Waals surface area contributed by atoms with E-state index in [-0.39, 0.29) is 25.3 Å². The molecule has 0 unspecified atom stereocenters. The van der Waals surface area contributed by atoms with Crippen molar-refractivity contribution >= 4 is 35.5 Å². The third kappa shape index (κ3) is 14.3. The molecule has 44 heavy (non-hydrogen) atoms. The van der Waals surface area contributed by atoms with Crippen LogP contribution in [0, 0.1) is 0 Å². The fraction of sp³-hybridized carbons (Fsp3) is 0.586. The summed E-state index contributed by atoms with van der Waals surface area (Å²) in [5.74, 6) is -3.51. The maximum Gasteiger partial charge on any atom is 0.251 e. The van der Waals surface area contributed by atoms with E-state index < -0.39 is 59.8 Å². The number of hydrogen-bond acceptors (Lipinski definition) is 8. The zero-order valence-corrected chi connectivity index (χ0v) is 25.6. The Kier molecular flexibility index (Phi) is 17.7. The first-order chi connectivity index (χ1) is 20.9. The monoisotopic (exact) mass is 619 g/mol. The maximum atomic E-state index is 13.4. The van der Waals surface area contributed by atoms with Crippen molar-refractivity contribution in [2.75, 3.05) is 13.1 Å². The Bertz CT molecular complexity index is 1100. The highest BCUT2D eigenvalue weighted by Crippen LogP contribution is 2.08. The molecule has 0 bridgehead atoms. The van der Waals surface area contributed by atoms with Crippen LogP contribution in [0.3, 0.4) is 0 Å². The minimum absolute atomic E-state index is 0.115. The van der Waals surface area contributed by atoms with Crippen LogP contribution in [0.5, 0.6) is 0 Å². The van der Waals surface area contributed by atoms with Gasteiger partial charge in [-0.3, -0.25) is 29.0 Å². The molecule has 0 aromatic heterocycles. The second-order valence-corrected chi connectivity index (χ2v) is 10.5. The Balaban J connectivity index is 3.05. The highest BCUT2D eigenvalue weighted by Gasteiger charge is 2.33. The molecule has 0 aliphatic heterocycles. The third-order valence-electron chi connectivity index (χ3n) is 6.75. The zero-order valence-electron chi connectivity index (χ0n) is 25.6. The average molecular weight is 620 g/mol. The van der Waals surface area contributed by atoms with Crippen LogP contribution < -0.4 is 44.2 Å². The summed E-state index contributed by atoms with van der Waals surface area (Å²) in [6.45, 7) is 3.81. The molecule has 246 valence electrons. The lowest BCUT2D eigenvalue weighted by molar-refractivity contribution is -0.135. The first-order valence-electron chi connectivity index (χ1n) is 14.9. The summed E-state index contributed by atoms with van der Waals surface area (Å²) in [6.07, 6.45) is 2.08. The van der Waals surface area contributed by atoms with Gasteiger partial charge in [-0.25, -0.2) is 0 Å². The van der Waals surface area contributed by atoms with Crippen molar-refractivity contribution in [1.29, 1.82) is 0 Å². The molecule has 1 rings (SSSR count). The molecule has 15 heteroatoms. The molecule has 0 saturated carbocycles. The number of rotatable bonds is 21. The fourth-order valence-electron chi connectivity index (χ4n) is 4.25. The summed E-state index contributed by atoms with van der Waals surface area (Å²) >= 11 is 0. The smallest absolute Gasteiger partial charge is 0.251 e. The van der Waals surface area contributed by atoms with Gasteiger partial charge in [-0.1, -0.05) is 38.0 Å². The number of aliphatic hydroxyl groups is 1. The molecule has 0 saturated heterocycles. The molecular weight excluding hydrogens is 570 g/mol. The van der Waals surface area contributed by atoms with Crippen LogP contribution in [-0.2, 0) is 19.2 Å². The van der Waals surface area contributed by atoms with Gasteiger partial charge in [0.15, 0.2) is 5.96 Å². The summed E-state index contributed by atoms with van der Waals surface area (Å²) in [4.78, 5) is 68.4. The number of hydrogen-bond donors (Lipinski definition) is 9. The van der Waals surface area contributed by atoms with Crippen molar-refractivity contribution in [2.24, 2.45) is 27.9 Å². The lowest BCUT2D eigenvalue weighted by atomic mass is 10.0. The minimum Gasteiger partial charge on any atom is -0.391 e. The van der Waals surface area contributed by atoms with Gasteiger partial charge < -0.3 is 49.3 Å². The standard InChI is InChI=1S/C29H49N9O6/c1-3-4-13-21(36-25(41)19-11-6-5-7-12-19)26(42)37-22(14-8-9-16-30)27(43)38-23(18(2)39)28(44)35-20(24(31)40)15-10-17-34-29(32)33/h5-7,11-12,18,20-23,39H,3-4,8-10,13-17,30H2,1-2H3,(H2,31,40)(H,35,44)(H,36,41)(H,37,42)(H,38,43)(H4,32,33,34)/t18-,20+,21+,22+,23+/m1/s1. The van der Waals surface area contributed by atoms with E-state index in [1.807, 2.05) is 6.92 Å². The lowest BCUT2D eigenvalue weighted by Crippen LogP contribution is -2.60. The van der Waals surface area contributed by atoms with Gasteiger partial charge in [-0.05, 0) is 64.1 Å². The molecule has 5 atom stereocenters. The molecular formula is C29H49N9O6. The second kappa shape index (κ2) is 20.6. The molecule has 0 fully saturated rings. The second-order valence-electron chi connectivity index (χ2n) is 10.5. The van der Waals surface area contributed by atoms with Crippen LogP contribution in [0.2, 0.25) is 0 Å². The lowest BCUT2D eigenvalue weighted by Gasteiger charge is -2.27. The van der Waals surface area contributed by atoms with E-state index in [0.717, 1.165) is 6.42 Å². The molecule has 0 heterocycles. The van der Waals surface area contributed by atoms with Crippen molar-refractivity contribution < 1.29 is 29.1 Å². The van der Waals surface area contributed by atoms with Gasteiger partial charge in [-0.15, -0.1) is 0 Å². The van der Waals surface area contributed by atoms with Gasteiger partial charge in [-0.2, -0.15) is 0 Å². The number of nitrogens with one attached hydrogen (secondary N) is 4. The molecule has 0 aliphatic carbocycles. The van der Waals surface area contributed by atoms with Crippen LogP contribution >= 0.6 is 0 Å². The van der Waals surface area contributed by atoms with Gasteiger partial charge >= 0.3 is 0 Å². The maximum absolute atomic E-state index is 13.4. The Morgan fingerprint density at radius 2 is 1.34 bits per heavy atom. The number of unbranched alkanes of at least 4 members (excludes halogenated alkanes) is 2. The summed E-state index contributed by atoms with van der Waals surface area (Å²) < 4.78 is 0. The number of primary amides is 1. The van der Waals surface area contributed by atoms with E-state index in [0.29, 0.717) is 44.2 Å². The number of aliphatic imine (C=N–C) groups is 1. The zero-order chi connectivity index (χ0) is 33.1. The summed E-state index contributed by atoms with van der Waals surface area (Å²) in [6, 6.07) is 3.84. The quantitative estimate of drug-likeness (QED) is 0.0438. The Labute approximate surface area is 258 Å². The van der Waals surface area contributed by atoms with Crippen LogP contribution in [0.4, 0.5) is 0 Å². The third-order valence-corrected chi connectivity index (χ3v) is 6.75. The van der Waals surface area contributed by atoms with E-state index in [4.69, 9.17) is 22.9 Å². The summed E-state index contributed by atoms with van der Waals surface area (Å²) in [7, 11) is 0. The van der Waals surface area contributed by atoms with Crippen molar-refractivity contribution in [3.05, 3.63) is 35.9 Å². The Morgan fingerprint density at radius 3 is 1.91 bits per heavy atom. The molecule has 15 nitrogen and oxygen atoms in total. The highest BCUT2D eigenvalue weighted by molar-refractivity contribution is 5.99. The van der Waals surface area contributed by atoms with Crippen LogP contribution in [-0.4, -0.2) is 84.0 Å². The number of nitrogens with zero attached hydrogens (tertiary/aromatic N) is 1. The highest BCUT2D eigenvalue weighted by atomic mass is 16.3. The summed E-state index contributed by atoms with van der Waals surface area (Å²) in [5, 5.41) is 20.7. The van der Waals surface area contributed by atoms with E-state index in [1.165, 1.54) is 6.92 Å². The molecule has 0 radical (unpaired) electrons. The number of carbonyl (C=O) groups is 5. The number of aliphatic hydroxyl groups excluding tert-OH is 1. The topological polar surface area (TPSA) is 270 Å². The van der Waals surface area contributed by atoms with Crippen molar-refractivity contribution in [3.63, 3.8) is 0 Å². The Hall–Kier alpha value is -4.24. The SMILES string of the molecule is CCCC[C@H](NC(=O)c1ccccc1)C(=O)N[C@@H](CCCCN)C(=O)N[C@H](C(=O)N[C@@H](CCCN=C(N)N)C(N)=O)[C@@H](C)O. The average Bonchev–Trinajstić information content (AvgIpc) is 2.98.